The average molecular weight is 513 g/mol. The Hall–Kier alpha value is -3.22. The van der Waals surface area contributed by atoms with Crippen molar-refractivity contribution >= 4 is 44.4 Å². The molecular formula is C23H21BrN4O3S. The van der Waals surface area contributed by atoms with Gasteiger partial charge in [0.15, 0.2) is 11.5 Å². The second-order valence-corrected chi connectivity index (χ2v) is 8.90. The Balaban J connectivity index is 1.79. The molecule has 1 N–H and O–H groups in total. The second-order valence-electron chi connectivity index (χ2n) is 7.03. The monoisotopic (exact) mass is 512 g/mol. The highest BCUT2D eigenvalue weighted by atomic mass is 79.9. The fourth-order valence-electron chi connectivity index (χ4n) is 2.69. The van der Waals surface area contributed by atoms with Crippen molar-refractivity contribution in [2.45, 2.75) is 26.4 Å². The fourth-order valence-corrected chi connectivity index (χ4v) is 4.01. The van der Waals surface area contributed by atoms with Crippen LogP contribution in [0, 0.1) is 11.3 Å². The van der Waals surface area contributed by atoms with Crippen molar-refractivity contribution in [3.8, 4) is 17.6 Å². The maximum atomic E-state index is 12.6. The summed E-state index contributed by atoms with van der Waals surface area (Å²) < 4.78 is 12.0. The van der Waals surface area contributed by atoms with Gasteiger partial charge in [0.2, 0.25) is 5.13 Å². The predicted octanol–water partition coefficient (Wildman–Crippen LogP) is 5.56. The molecule has 9 heteroatoms. The van der Waals surface area contributed by atoms with Gasteiger partial charge in [0.1, 0.15) is 23.3 Å². The van der Waals surface area contributed by atoms with Crippen LogP contribution < -0.4 is 14.8 Å². The van der Waals surface area contributed by atoms with Gasteiger partial charge in [0, 0.05) is 5.92 Å². The van der Waals surface area contributed by atoms with Crippen molar-refractivity contribution in [3.05, 3.63) is 68.6 Å². The lowest BCUT2D eigenvalue weighted by molar-refractivity contribution is -0.112. The van der Waals surface area contributed by atoms with Crippen molar-refractivity contribution in [3.63, 3.8) is 0 Å². The molecule has 0 saturated heterocycles. The molecule has 0 atom stereocenters. The molecule has 0 bridgehead atoms. The minimum absolute atomic E-state index is 0.0711. The van der Waals surface area contributed by atoms with Gasteiger partial charge in [-0.3, -0.25) is 10.1 Å². The van der Waals surface area contributed by atoms with E-state index in [4.69, 9.17) is 9.47 Å². The maximum Gasteiger partial charge on any atom is 0.268 e. The van der Waals surface area contributed by atoms with Crippen LogP contribution in [0.1, 0.15) is 35.9 Å². The molecule has 3 rings (SSSR count). The molecule has 1 aromatic heterocycles. The number of rotatable bonds is 8. The van der Waals surface area contributed by atoms with Crippen molar-refractivity contribution in [2.24, 2.45) is 0 Å². The van der Waals surface area contributed by atoms with Crippen molar-refractivity contribution in [1.29, 1.82) is 5.26 Å². The SMILES string of the molecule is COc1cc(/C=C(/C#N)C(=O)Nc2nnc(C(C)C)s2)cc(Br)c1OCc1ccccc1. The third-order valence-electron chi connectivity index (χ3n) is 4.31. The van der Waals surface area contributed by atoms with Gasteiger partial charge in [-0.1, -0.05) is 55.5 Å². The Morgan fingerprint density at radius 2 is 2.03 bits per heavy atom. The minimum atomic E-state index is -0.557. The number of nitriles is 1. The van der Waals surface area contributed by atoms with Gasteiger partial charge in [-0.2, -0.15) is 5.26 Å². The first-order valence-corrected chi connectivity index (χ1v) is 11.3. The lowest BCUT2D eigenvalue weighted by Gasteiger charge is -2.14. The molecule has 0 aliphatic heterocycles. The van der Waals surface area contributed by atoms with Crippen molar-refractivity contribution < 1.29 is 14.3 Å². The number of carbonyl (C=O) groups excluding carboxylic acids is 1. The van der Waals surface area contributed by atoms with Crippen LogP contribution in [0.2, 0.25) is 0 Å². The average Bonchev–Trinajstić information content (AvgIpc) is 3.25. The molecule has 164 valence electrons. The van der Waals surface area contributed by atoms with Gasteiger partial charge in [0.05, 0.1) is 11.6 Å². The van der Waals surface area contributed by atoms with Crippen molar-refractivity contribution in [2.75, 3.05) is 12.4 Å². The zero-order chi connectivity index (χ0) is 23.1. The van der Waals surface area contributed by atoms with E-state index in [-0.39, 0.29) is 11.5 Å². The number of halogens is 1. The molecule has 7 nitrogen and oxygen atoms in total. The van der Waals surface area contributed by atoms with E-state index < -0.39 is 5.91 Å². The number of hydrogen-bond donors (Lipinski definition) is 1. The first-order valence-electron chi connectivity index (χ1n) is 9.72. The molecule has 0 radical (unpaired) electrons. The van der Waals surface area contributed by atoms with Crippen LogP contribution in [-0.2, 0) is 11.4 Å². The number of carbonyl (C=O) groups is 1. The quantitative estimate of drug-likeness (QED) is 0.313. The summed E-state index contributed by atoms with van der Waals surface area (Å²) in [5, 5.41) is 21.3. The third kappa shape index (κ3) is 5.93. The van der Waals surface area contributed by atoms with E-state index in [0.717, 1.165) is 10.6 Å². The van der Waals surface area contributed by atoms with Gasteiger partial charge in [0.25, 0.3) is 5.91 Å². The molecule has 0 aliphatic rings. The smallest absolute Gasteiger partial charge is 0.268 e. The van der Waals surface area contributed by atoms with Crippen LogP contribution in [0.25, 0.3) is 6.08 Å². The van der Waals surface area contributed by atoms with E-state index in [1.54, 1.807) is 12.1 Å². The summed E-state index contributed by atoms with van der Waals surface area (Å²) in [5.74, 6) is 0.659. The second kappa shape index (κ2) is 10.9. The topological polar surface area (TPSA) is 97.1 Å². The zero-order valence-electron chi connectivity index (χ0n) is 17.8. The Labute approximate surface area is 198 Å². The number of hydrogen-bond acceptors (Lipinski definition) is 7. The molecule has 0 aliphatic carbocycles. The van der Waals surface area contributed by atoms with E-state index in [1.165, 1.54) is 24.5 Å². The Bertz CT molecular complexity index is 1170. The minimum Gasteiger partial charge on any atom is -0.493 e. The van der Waals surface area contributed by atoms with Crippen LogP contribution in [0.3, 0.4) is 0 Å². The molecule has 32 heavy (non-hydrogen) atoms. The number of benzene rings is 2. The van der Waals surface area contributed by atoms with Crippen LogP contribution >= 0.6 is 27.3 Å². The summed E-state index contributed by atoms with van der Waals surface area (Å²) in [7, 11) is 1.53. The van der Waals surface area contributed by atoms with Gasteiger partial charge < -0.3 is 9.47 Å². The lowest BCUT2D eigenvalue weighted by atomic mass is 10.1. The Morgan fingerprint density at radius 1 is 1.28 bits per heavy atom. The van der Waals surface area contributed by atoms with Gasteiger partial charge in [-0.15, -0.1) is 10.2 Å². The van der Waals surface area contributed by atoms with Crippen LogP contribution in [0.4, 0.5) is 5.13 Å². The molecule has 1 heterocycles. The summed E-state index contributed by atoms with van der Waals surface area (Å²) in [6.07, 6.45) is 1.48. The largest absolute Gasteiger partial charge is 0.493 e. The standard InChI is InChI=1S/C23H21BrN4O3S/c1-14(2)22-27-28-23(32-22)26-21(29)17(12-25)9-16-10-18(24)20(19(11-16)30-3)31-13-15-7-5-4-6-8-15/h4-11,14H,13H2,1-3H3,(H,26,28,29)/b17-9-. The molecule has 0 saturated carbocycles. The van der Waals surface area contributed by atoms with Crippen molar-refractivity contribution in [1.82, 2.24) is 10.2 Å². The highest BCUT2D eigenvalue weighted by Crippen LogP contribution is 2.38. The molecule has 2 aromatic carbocycles. The van der Waals surface area contributed by atoms with Gasteiger partial charge >= 0.3 is 0 Å². The number of amides is 1. The normalized spacial score (nSPS) is 11.2. The molecule has 3 aromatic rings. The molecule has 1 amide bonds. The number of methoxy groups -OCH3 is 1. The van der Waals surface area contributed by atoms with Gasteiger partial charge in [-0.25, -0.2) is 0 Å². The highest BCUT2D eigenvalue weighted by Gasteiger charge is 2.16. The number of nitrogens with one attached hydrogen (secondary N) is 1. The predicted molar refractivity (Wildman–Crippen MR) is 128 cm³/mol. The van der Waals surface area contributed by atoms with E-state index in [0.29, 0.717) is 33.3 Å². The Kier molecular flexibility index (Phi) is 7.98. The first-order chi connectivity index (χ1) is 15.4. The first kappa shape index (κ1) is 23.4. The van der Waals surface area contributed by atoms with Crippen LogP contribution in [0.15, 0.2) is 52.5 Å². The third-order valence-corrected chi connectivity index (χ3v) is 6.04. The molecule has 0 fully saturated rings. The number of nitrogens with zero attached hydrogens (tertiary/aromatic N) is 3. The Morgan fingerprint density at radius 3 is 2.66 bits per heavy atom. The van der Waals surface area contributed by atoms with Gasteiger partial charge in [-0.05, 0) is 45.3 Å². The lowest BCUT2D eigenvalue weighted by Crippen LogP contribution is -2.13. The number of ether oxygens (including phenoxy) is 2. The van der Waals surface area contributed by atoms with E-state index in [2.05, 4.69) is 31.4 Å². The zero-order valence-corrected chi connectivity index (χ0v) is 20.2. The molecule has 0 spiro atoms. The van der Waals surface area contributed by atoms with Crippen LogP contribution in [-0.4, -0.2) is 23.2 Å². The highest BCUT2D eigenvalue weighted by molar-refractivity contribution is 9.10. The maximum absolute atomic E-state index is 12.6. The summed E-state index contributed by atoms with van der Waals surface area (Å²) in [5.41, 5.74) is 1.55. The molecule has 0 unspecified atom stereocenters. The number of anilines is 1. The van der Waals surface area contributed by atoms with Crippen LogP contribution in [0.5, 0.6) is 11.5 Å². The van der Waals surface area contributed by atoms with E-state index >= 15 is 0 Å². The summed E-state index contributed by atoms with van der Waals surface area (Å²) in [4.78, 5) is 12.6. The fraction of sp³-hybridized carbons (Fsp3) is 0.217. The van der Waals surface area contributed by atoms with E-state index in [1.807, 2.05) is 50.2 Å². The molecular weight excluding hydrogens is 492 g/mol. The number of aromatic nitrogens is 2. The summed E-state index contributed by atoms with van der Waals surface area (Å²) in [6, 6.07) is 15.2. The van der Waals surface area contributed by atoms with E-state index in [9.17, 15) is 10.1 Å². The summed E-state index contributed by atoms with van der Waals surface area (Å²) >= 11 is 4.78. The summed E-state index contributed by atoms with van der Waals surface area (Å²) in [6.45, 7) is 4.35.